The van der Waals surface area contributed by atoms with Crippen LogP contribution in [0.15, 0.2) is 24.3 Å². The molecule has 0 spiro atoms. The zero-order valence-electron chi connectivity index (χ0n) is 14.9. The number of likely N-dealkylation sites (tertiary alicyclic amines) is 1. The number of rotatable bonds is 6. The highest BCUT2D eigenvalue weighted by molar-refractivity contribution is 5.81. The Hall–Kier alpha value is -2.04. The van der Waals surface area contributed by atoms with Gasteiger partial charge in [-0.25, -0.2) is 0 Å². The molecule has 5 nitrogen and oxygen atoms in total. The van der Waals surface area contributed by atoms with Crippen molar-refractivity contribution in [3.05, 3.63) is 29.8 Å². The van der Waals surface area contributed by atoms with E-state index < -0.39 is 11.4 Å². The lowest BCUT2D eigenvalue weighted by atomic mass is 9.76. The fourth-order valence-electron chi connectivity index (χ4n) is 3.40. The van der Waals surface area contributed by atoms with Crippen LogP contribution in [0, 0.1) is 11.3 Å². The second-order valence-corrected chi connectivity index (χ2v) is 7.06. The normalized spacial score (nSPS) is 21.8. The molecule has 1 aliphatic heterocycles. The second-order valence-electron chi connectivity index (χ2n) is 7.06. The first-order chi connectivity index (χ1) is 11.3. The Morgan fingerprint density at radius 2 is 2.04 bits per heavy atom. The third-order valence-corrected chi connectivity index (χ3v) is 5.33. The van der Waals surface area contributed by atoms with Crippen LogP contribution in [-0.4, -0.2) is 42.1 Å². The molecule has 1 saturated heterocycles. The Kier molecular flexibility index (Phi) is 5.52. The molecule has 5 heteroatoms. The standard InChI is InChI=1S/C19H27NO4/c1-13(2)19(18(22)23)8-9-20(12-19)17(21)10-14(3)15-6-5-7-16(11-15)24-4/h5-7,11,13-14H,8-10,12H2,1-4H3,(H,22,23). The van der Waals surface area contributed by atoms with Crippen molar-refractivity contribution in [1.82, 2.24) is 4.90 Å². The average Bonchev–Trinajstić information content (AvgIpc) is 3.02. The van der Waals surface area contributed by atoms with Crippen molar-refractivity contribution in [1.29, 1.82) is 0 Å². The van der Waals surface area contributed by atoms with Gasteiger partial charge >= 0.3 is 5.97 Å². The summed E-state index contributed by atoms with van der Waals surface area (Å²) in [5, 5.41) is 9.60. The van der Waals surface area contributed by atoms with Gasteiger partial charge in [-0.2, -0.15) is 0 Å². The molecule has 2 unspecified atom stereocenters. The molecule has 0 bridgehead atoms. The Balaban J connectivity index is 2.04. The quantitative estimate of drug-likeness (QED) is 0.868. The first-order valence-corrected chi connectivity index (χ1v) is 8.45. The van der Waals surface area contributed by atoms with E-state index in [-0.39, 0.29) is 17.7 Å². The van der Waals surface area contributed by atoms with Gasteiger partial charge in [-0.05, 0) is 36.0 Å². The molecular formula is C19H27NO4. The summed E-state index contributed by atoms with van der Waals surface area (Å²) in [6.45, 7) is 6.68. The van der Waals surface area contributed by atoms with E-state index in [4.69, 9.17) is 4.74 Å². The maximum absolute atomic E-state index is 12.6. The van der Waals surface area contributed by atoms with E-state index in [2.05, 4.69) is 0 Å². The van der Waals surface area contributed by atoms with E-state index in [0.29, 0.717) is 25.9 Å². The van der Waals surface area contributed by atoms with Crippen LogP contribution in [0.2, 0.25) is 0 Å². The number of carboxylic acid groups (broad SMARTS) is 1. The lowest BCUT2D eigenvalue weighted by molar-refractivity contribution is -0.151. The molecule has 0 saturated carbocycles. The van der Waals surface area contributed by atoms with Gasteiger partial charge in [0.1, 0.15) is 5.75 Å². The summed E-state index contributed by atoms with van der Waals surface area (Å²) in [6, 6.07) is 7.72. The summed E-state index contributed by atoms with van der Waals surface area (Å²) in [5.74, 6) is 0.0653. The van der Waals surface area contributed by atoms with Crippen molar-refractivity contribution in [3.63, 3.8) is 0 Å². The maximum Gasteiger partial charge on any atom is 0.311 e. The van der Waals surface area contributed by atoms with Gasteiger partial charge in [0.25, 0.3) is 0 Å². The number of amides is 1. The summed E-state index contributed by atoms with van der Waals surface area (Å²) in [5.41, 5.74) is 0.241. The maximum atomic E-state index is 12.6. The number of carbonyl (C=O) groups excluding carboxylic acids is 1. The third kappa shape index (κ3) is 3.55. The number of benzene rings is 1. The summed E-state index contributed by atoms with van der Waals surface area (Å²) in [4.78, 5) is 26.0. The SMILES string of the molecule is COc1cccc(C(C)CC(=O)N2CCC(C(=O)O)(C(C)C)C2)c1. The van der Waals surface area contributed by atoms with Crippen molar-refractivity contribution in [2.75, 3.05) is 20.2 Å². The summed E-state index contributed by atoms with van der Waals surface area (Å²) >= 11 is 0. The minimum Gasteiger partial charge on any atom is -0.497 e. The number of ether oxygens (including phenoxy) is 1. The van der Waals surface area contributed by atoms with Gasteiger partial charge in [-0.1, -0.05) is 32.9 Å². The minimum atomic E-state index is -0.811. The van der Waals surface area contributed by atoms with Crippen LogP contribution in [0.25, 0.3) is 0 Å². The molecule has 2 atom stereocenters. The smallest absolute Gasteiger partial charge is 0.311 e. The third-order valence-electron chi connectivity index (χ3n) is 5.33. The first kappa shape index (κ1) is 18.3. The number of hydrogen-bond acceptors (Lipinski definition) is 3. The van der Waals surface area contributed by atoms with Gasteiger partial charge < -0.3 is 14.7 Å². The van der Waals surface area contributed by atoms with E-state index in [0.717, 1.165) is 11.3 Å². The highest BCUT2D eigenvalue weighted by atomic mass is 16.5. The summed E-state index contributed by atoms with van der Waals surface area (Å²) in [7, 11) is 1.62. The van der Waals surface area contributed by atoms with Crippen molar-refractivity contribution in [3.8, 4) is 5.75 Å². The van der Waals surface area contributed by atoms with Crippen LogP contribution in [0.4, 0.5) is 0 Å². The molecule has 1 amide bonds. The first-order valence-electron chi connectivity index (χ1n) is 8.45. The number of hydrogen-bond donors (Lipinski definition) is 1. The van der Waals surface area contributed by atoms with Crippen LogP contribution in [0.1, 0.15) is 45.1 Å². The van der Waals surface area contributed by atoms with Crippen molar-refractivity contribution in [2.24, 2.45) is 11.3 Å². The fraction of sp³-hybridized carbons (Fsp3) is 0.579. The lowest BCUT2D eigenvalue weighted by Gasteiger charge is -2.29. The molecule has 2 rings (SSSR count). The molecule has 0 aliphatic carbocycles. The molecule has 1 aliphatic rings. The van der Waals surface area contributed by atoms with Gasteiger partial charge in [-0.15, -0.1) is 0 Å². The summed E-state index contributed by atoms with van der Waals surface area (Å²) < 4.78 is 5.23. The van der Waals surface area contributed by atoms with Crippen molar-refractivity contribution in [2.45, 2.75) is 39.5 Å². The Labute approximate surface area is 143 Å². The number of nitrogens with zero attached hydrogens (tertiary/aromatic N) is 1. The van der Waals surface area contributed by atoms with E-state index in [9.17, 15) is 14.7 Å². The van der Waals surface area contributed by atoms with Crippen LogP contribution in [-0.2, 0) is 9.59 Å². The van der Waals surface area contributed by atoms with Crippen molar-refractivity contribution < 1.29 is 19.4 Å². The number of methoxy groups -OCH3 is 1. The molecule has 0 aromatic heterocycles. The molecule has 1 N–H and O–H groups in total. The van der Waals surface area contributed by atoms with Gasteiger partial charge in [-0.3, -0.25) is 9.59 Å². The molecule has 132 valence electrons. The number of carboxylic acids is 1. The highest BCUT2D eigenvalue weighted by Gasteiger charge is 2.48. The lowest BCUT2D eigenvalue weighted by Crippen LogP contribution is -2.40. The van der Waals surface area contributed by atoms with Crippen LogP contribution in [0.5, 0.6) is 5.75 Å². The molecule has 1 aromatic rings. The molecule has 1 fully saturated rings. The van der Waals surface area contributed by atoms with Gasteiger partial charge in [0.05, 0.1) is 12.5 Å². The van der Waals surface area contributed by atoms with E-state index in [1.165, 1.54) is 0 Å². The zero-order valence-corrected chi connectivity index (χ0v) is 14.9. The van der Waals surface area contributed by atoms with E-state index in [1.807, 2.05) is 45.0 Å². The predicted molar refractivity (Wildman–Crippen MR) is 92.1 cm³/mol. The largest absolute Gasteiger partial charge is 0.497 e. The molecule has 1 aromatic carbocycles. The van der Waals surface area contributed by atoms with Crippen LogP contribution in [0.3, 0.4) is 0 Å². The average molecular weight is 333 g/mol. The minimum absolute atomic E-state index is 0.00334. The summed E-state index contributed by atoms with van der Waals surface area (Å²) in [6.07, 6.45) is 0.903. The van der Waals surface area contributed by atoms with Gasteiger partial charge in [0, 0.05) is 19.5 Å². The van der Waals surface area contributed by atoms with E-state index in [1.54, 1.807) is 12.0 Å². The zero-order chi connectivity index (χ0) is 17.9. The Morgan fingerprint density at radius 3 is 2.58 bits per heavy atom. The number of carbonyl (C=O) groups is 2. The monoisotopic (exact) mass is 333 g/mol. The number of aliphatic carboxylic acids is 1. The Bertz CT molecular complexity index is 613. The topological polar surface area (TPSA) is 66.8 Å². The van der Waals surface area contributed by atoms with Crippen LogP contribution < -0.4 is 4.74 Å². The van der Waals surface area contributed by atoms with Crippen LogP contribution >= 0.6 is 0 Å². The predicted octanol–water partition coefficient (Wildman–Crippen LogP) is 3.15. The Morgan fingerprint density at radius 1 is 1.33 bits per heavy atom. The second kappa shape index (κ2) is 7.24. The fourth-order valence-corrected chi connectivity index (χ4v) is 3.40. The van der Waals surface area contributed by atoms with Crippen molar-refractivity contribution >= 4 is 11.9 Å². The van der Waals surface area contributed by atoms with Gasteiger partial charge in [0.2, 0.25) is 5.91 Å². The molecule has 24 heavy (non-hydrogen) atoms. The highest BCUT2D eigenvalue weighted by Crippen LogP contribution is 2.38. The van der Waals surface area contributed by atoms with Gasteiger partial charge in [0.15, 0.2) is 0 Å². The molecule has 0 radical (unpaired) electrons. The molecular weight excluding hydrogens is 306 g/mol. The van der Waals surface area contributed by atoms with E-state index >= 15 is 0 Å². The molecule has 1 heterocycles.